The van der Waals surface area contributed by atoms with Crippen LogP contribution in [0.4, 0.5) is 5.69 Å². The van der Waals surface area contributed by atoms with Crippen LogP contribution in [0.3, 0.4) is 0 Å². The van der Waals surface area contributed by atoms with Crippen LogP contribution in [0.2, 0.25) is 5.02 Å². The van der Waals surface area contributed by atoms with Crippen LogP contribution in [0.25, 0.3) is 0 Å². The third kappa shape index (κ3) is 2.78. The van der Waals surface area contributed by atoms with Gasteiger partial charge in [0.15, 0.2) is 9.84 Å². The summed E-state index contributed by atoms with van der Waals surface area (Å²) >= 11 is 6.25. The summed E-state index contributed by atoms with van der Waals surface area (Å²) in [5, 5.41) is 4.03. The molecule has 0 amide bonds. The van der Waals surface area contributed by atoms with Gasteiger partial charge in [0.05, 0.1) is 27.4 Å². The van der Waals surface area contributed by atoms with Gasteiger partial charge in [-0.05, 0) is 42.7 Å². The highest BCUT2D eigenvalue weighted by atomic mass is 35.5. The summed E-state index contributed by atoms with van der Waals surface area (Å²) in [7, 11) is -3.16. The smallest absolute Gasteiger partial charge is 0.178 e. The van der Waals surface area contributed by atoms with E-state index in [4.69, 9.17) is 11.6 Å². The number of aryl methyl sites for hydroxylation is 1. The third-order valence-corrected chi connectivity index (χ3v) is 5.89. The number of fused-ring (bicyclic) bond motifs is 1. The van der Waals surface area contributed by atoms with E-state index in [1.807, 2.05) is 37.3 Å². The lowest BCUT2D eigenvalue weighted by Crippen LogP contribution is -2.24. The molecule has 3 nitrogen and oxygen atoms in total. The van der Waals surface area contributed by atoms with Gasteiger partial charge in [-0.2, -0.15) is 0 Å². The van der Waals surface area contributed by atoms with Gasteiger partial charge in [0.2, 0.25) is 0 Å². The molecule has 1 N–H and O–H groups in total. The number of hydrogen-bond acceptors (Lipinski definition) is 3. The number of anilines is 1. The molecule has 0 saturated heterocycles. The van der Waals surface area contributed by atoms with E-state index in [1.54, 1.807) is 12.1 Å². The summed E-state index contributed by atoms with van der Waals surface area (Å²) in [6, 6.07) is 13.0. The maximum Gasteiger partial charge on any atom is 0.178 e. The first kappa shape index (κ1) is 14.4. The molecular weight excluding hydrogens is 306 g/mol. The Morgan fingerprint density at radius 2 is 1.95 bits per heavy atom. The molecule has 0 fully saturated rings. The van der Waals surface area contributed by atoms with Crippen LogP contribution < -0.4 is 5.32 Å². The second-order valence-corrected chi connectivity index (χ2v) is 7.81. The van der Waals surface area contributed by atoms with Crippen molar-refractivity contribution >= 4 is 27.1 Å². The quantitative estimate of drug-likeness (QED) is 0.910. The van der Waals surface area contributed by atoms with Crippen molar-refractivity contribution in [2.75, 3.05) is 11.1 Å². The predicted octanol–water partition coefficient (Wildman–Crippen LogP) is 3.98. The van der Waals surface area contributed by atoms with Crippen LogP contribution in [0, 0.1) is 6.92 Å². The maximum atomic E-state index is 12.1. The van der Waals surface area contributed by atoms with Crippen LogP contribution >= 0.6 is 11.6 Å². The molecule has 5 heteroatoms. The fourth-order valence-corrected chi connectivity index (χ4v) is 4.58. The average molecular weight is 322 g/mol. The number of halogens is 1. The summed E-state index contributed by atoms with van der Waals surface area (Å²) in [5.74, 6) is 0.158. The minimum atomic E-state index is -3.16. The van der Waals surface area contributed by atoms with Crippen LogP contribution in [-0.4, -0.2) is 14.2 Å². The van der Waals surface area contributed by atoms with E-state index >= 15 is 0 Å². The van der Waals surface area contributed by atoms with Crippen LogP contribution in [-0.2, 0) is 9.84 Å². The van der Waals surface area contributed by atoms with Crippen molar-refractivity contribution in [1.82, 2.24) is 0 Å². The van der Waals surface area contributed by atoms with Crippen molar-refractivity contribution in [3.8, 4) is 0 Å². The van der Waals surface area contributed by atoms with Crippen molar-refractivity contribution in [3.63, 3.8) is 0 Å². The van der Waals surface area contributed by atoms with Gasteiger partial charge in [0, 0.05) is 0 Å². The highest BCUT2D eigenvalue weighted by molar-refractivity contribution is 7.91. The zero-order valence-corrected chi connectivity index (χ0v) is 13.2. The topological polar surface area (TPSA) is 46.2 Å². The van der Waals surface area contributed by atoms with Crippen LogP contribution in [0.15, 0.2) is 47.4 Å². The summed E-state index contributed by atoms with van der Waals surface area (Å²) < 4.78 is 24.3. The molecule has 0 aromatic heterocycles. The molecule has 1 aliphatic heterocycles. The Morgan fingerprint density at radius 1 is 1.19 bits per heavy atom. The molecule has 1 heterocycles. The Labute approximate surface area is 129 Å². The van der Waals surface area contributed by atoms with Gasteiger partial charge >= 0.3 is 0 Å². The summed E-state index contributed by atoms with van der Waals surface area (Å²) in [6.45, 7) is 1.98. The maximum absolute atomic E-state index is 12.1. The fourth-order valence-electron chi connectivity index (χ4n) is 2.66. The Balaban J connectivity index is 1.97. The van der Waals surface area contributed by atoms with E-state index in [9.17, 15) is 8.42 Å². The first-order valence-electron chi connectivity index (χ1n) is 6.82. The second kappa shape index (κ2) is 5.35. The average Bonchev–Trinajstić information content (AvgIpc) is 2.45. The Bertz CT molecular complexity index is 787. The molecule has 2 aromatic carbocycles. The highest BCUT2D eigenvalue weighted by Crippen LogP contribution is 2.35. The van der Waals surface area contributed by atoms with Gasteiger partial charge in [-0.3, -0.25) is 0 Å². The number of nitrogens with one attached hydrogen (secondary N) is 1. The first-order chi connectivity index (χ1) is 9.97. The third-order valence-electron chi connectivity index (χ3n) is 3.76. The Morgan fingerprint density at radius 3 is 2.71 bits per heavy atom. The molecule has 0 bridgehead atoms. The monoisotopic (exact) mass is 321 g/mol. The molecule has 0 spiro atoms. The normalized spacial score (nSPS) is 19.8. The summed E-state index contributed by atoms with van der Waals surface area (Å²) in [6.07, 6.45) is 0.545. The Kier molecular flexibility index (Phi) is 3.68. The lowest BCUT2D eigenvalue weighted by Gasteiger charge is -2.27. The fraction of sp³-hybridized carbons (Fsp3) is 0.250. The first-order valence-corrected chi connectivity index (χ1v) is 8.85. The van der Waals surface area contributed by atoms with Gasteiger partial charge < -0.3 is 5.32 Å². The SMILES string of the molecule is Cc1ccc(NC2CCS(=O)(=O)c3ccccc32)c(Cl)c1. The largest absolute Gasteiger partial charge is 0.377 e. The molecule has 21 heavy (non-hydrogen) atoms. The predicted molar refractivity (Wildman–Crippen MR) is 85.7 cm³/mol. The van der Waals surface area contributed by atoms with Gasteiger partial charge in [-0.15, -0.1) is 0 Å². The van der Waals surface area contributed by atoms with Gasteiger partial charge in [-0.1, -0.05) is 35.9 Å². The van der Waals surface area contributed by atoms with Crippen molar-refractivity contribution in [2.24, 2.45) is 0 Å². The number of sulfone groups is 1. The molecule has 110 valence electrons. The lowest BCUT2D eigenvalue weighted by molar-refractivity contribution is 0.576. The number of benzene rings is 2. The van der Waals surface area contributed by atoms with Crippen LogP contribution in [0.1, 0.15) is 23.6 Å². The molecule has 0 saturated carbocycles. The van der Waals surface area contributed by atoms with E-state index in [1.165, 1.54) is 0 Å². The van der Waals surface area contributed by atoms with E-state index in [-0.39, 0.29) is 11.8 Å². The zero-order chi connectivity index (χ0) is 15.0. The highest BCUT2D eigenvalue weighted by Gasteiger charge is 2.30. The summed E-state index contributed by atoms with van der Waals surface area (Å²) in [4.78, 5) is 0.428. The van der Waals surface area contributed by atoms with E-state index < -0.39 is 9.84 Å². The Hall–Kier alpha value is -1.52. The molecule has 0 aliphatic carbocycles. The number of rotatable bonds is 2. The van der Waals surface area contributed by atoms with Gasteiger partial charge in [0.25, 0.3) is 0 Å². The van der Waals surface area contributed by atoms with Crippen molar-refractivity contribution < 1.29 is 8.42 Å². The molecule has 2 aromatic rings. The standard InChI is InChI=1S/C16H16ClNO2S/c1-11-6-7-15(13(17)10-11)18-14-8-9-21(19,20)16-5-3-2-4-12(14)16/h2-7,10,14,18H,8-9H2,1H3. The van der Waals surface area contributed by atoms with E-state index in [0.717, 1.165) is 16.8 Å². The van der Waals surface area contributed by atoms with E-state index in [0.29, 0.717) is 16.3 Å². The molecule has 1 unspecified atom stereocenters. The molecule has 1 atom stereocenters. The molecule has 3 rings (SSSR count). The van der Waals surface area contributed by atoms with Gasteiger partial charge in [-0.25, -0.2) is 8.42 Å². The molecular formula is C16H16ClNO2S. The second-order valence-electron chi connectivity index (χ2n) is 5.33. The lowest BCUT2D eigenvalue weighted by atomic mass is 10.0. The minimum absolute atomic E-state index is 0.0371. The van der Waals surface area contributed by atoms with E-state index in [2.05, 4.69) is 5.32 Å². The van der Waals surface area contributed by atoms with Crippen LogP contribution in [0.5, 0.6) is 0 Å². The van der Waals surface area contributed by atoms with Crippen molar-refractivity contribution in [1.29, 1.82) is 0 Å². The molecule has 0 radical (unpaired) electrons. The van der Waals surface area contributed by atoms with Crippen molar-refractivity contribution in [3.05, 3.63) is 58.6 Å². The zero-order valence-electron chi connectivity index (χ0n) is 11.6. The minimum Gasteiger partial charge on any atom is -0.377 e. The van der Waals surface area contributed by atoms with Crippen molar-refractivity contribution in [2.45, 2.75) is 24.3 Å². The number of hydrogen-bond donors (Lipinski definition) is 1. The van der Waals surface area contributed by atoms with Gasteiger partial charge in [0.1, 0.15) is 0 Å². The molecule has 1 aliphatic rings. The summed E-state index contributed by atoms with van der Waals surface area (Å²) in [5.41, 5.74) is 2.75.